The van der Waals surface area contributed by atoms with Crippen LogP contribution < -0.4 is 16.7 Å². The number of nitrogens with one attached hydrogen (secondary N) is 2. The van der Waals surface area contributed by atoms with Gasteiger partial charge >= 0.3 is 5.69 Å². The highest BCUT2D eigenvalue weighted by Crippen LogP contribution is 2.23. The Labute approximate surface area is 175 Å². The molecule has 1 aromatic heterocycles. The molecule has 0 fully saturated rings. The fourth-order valence-corrected chi connectivity index (χ4v) is 3.33. The van der Waals surface area contributed by atoms with Gasteiger partial charge in [0.2, 0.25) is 5.88 Å². The van der Waals surface area contributed by atoms with Gasteiger partial charge in [-0.1, -0.05) is 48.0 Å². The number of rotatable bonds is 4. The van der Waals surface area contributed by atoms with Crippen LogP contribution in [-0.4, -0.2) is 20.4 Å². The average Bonchev–Trinajstić information content (AvgIpc) is 2.73. The largest absolute Gasteiger partial charge is 0.493 e. The molecule has 0 saturated heterocycles. The number of benzene rings is 3. The minimum Gasteiger partial charge on any atom is -0.493 e. The lowest BCUT2D eigenvalue weighted by Crippen LogP contribution is -2.32. The third-order valence-corrected chi connectivity index (χ3v) is 4.92. The summed E-state index contributed by atoms with van der Waals surface area (Å²) in [4.78, 5) is 26.9. The third kappa shape index (κ3) is 3.58. The lowest BCUT2D eigenvalue weighted by Gasteiger charge is -2.12. The standard InChI is InChI=1S/C22H17ClN4O3/c1-13(25-26-18-8-4-6-14-5-2-3-7-17(14)18)19-20(28)24-22(30)27(21(19)29)16-11-9-15(23)10-12-16/h2-12,26,29H,1H3,(H,24,28,30). The van der Waals surface area contributed by atoms with E-state index in [0.29, 0.717) is 10.7 Å². The molecule has 3 aromatic carbocycles. The molecule has 150 valence electrons. The minimum atomic E-state index is -0.765. The zero-order chi connectivity index (χ0) is 21.3. The number of fused-ring (bicyclic) bond motifs is 1. The van der Waals surface area contributed by atoms with E-state index in [2.05, 4.69) is 15.5 Å². The monoisotopic (exact) mass is 420 g/mol. The minimum absolute atomic E-state index is 0.114. The van der Waals surface area contributed by atoms with E-state index < -0.39 is 17.1 Å². The summed E-state index contributed by atoms with van der Waals surface area (Å²) in [6, 6.07) is 19.8. The molecular weight excluding hydrogens is 404 g/mol. The number of anilines is 1. The van der Waals surface area contributed by atoms with E-state index in [9.17, 15) is 14.7 Å². The number of hydrogen-bond acceptors (Lipinski definition) is 5. The zero-order valence-electron chi connectivity index (χ0n) is 15.9. The van der Waals surface area contributed by atoms with Gasteiger partial charge in [-0.25, -0.2) is 9.36 Å². The normalized spacial score (nSPS) is 11.6. The quantitative estimate of drug-likeness (QED) is 0.344. The molecule has 0 radical (unpaired) electrons. The van der Waals surface area contributed by atoms with Crippen molar-refractivity contribution >= 4 is 33.8 Å². The summed E-state index contributed by atoms with van der Waals surface area (Å²) in [5.41, 5.74) is 2.64. The molecule has 0 aliphatic heterocycles. The van der Waals surface area contributed by atoms with Gasteiger partial charge < -0.3 is 5.11 Å². The van der Waals surface area contributed by atoms with Crippen molar-refractivity contribution in [1.29, 1.82) is 0 Å². The molecular formula is C22H17ClN4O3. The van der Waals surface area contributed by atoms with Crippen molar-refractivity contribution in [1.82, 2.24) is 9.55 Å². The first kappa shape index (κ1) is 19.5. The Morgan fingerprint density at radius 2 is 1.73 bits per heavy atom. The second-order valence-corrected chi connectivity index (χ2v) is 7.04. The van der Waals surface area contributed by atoms with Gasteiger partial charge in [0.1, 0.15) is 5.56 Å². The Bertz CT molecular complexity index is 1380. The Hall–Kier alpha value is -3.84. The van der Waals surface area contributed by atoms with Crippen LogP contribution in [0.2, 0.25) is 5.02 Å². The summed E-state index contributed by atoms with van der Waals surface area (Å²) in [7, 11) is 0. The Balaban J connectivity index is 1.78. The predicted octanol–water partition coefficient (Wildman–Crippen LogP) is 3.87. The van der Waals surface area contributed by atoms with Crippen LogP contribution in [-0.2, 0) is 0 Å². The molecule has 0 aliphatic carbocycles. The van der Waals surface area contributed by atoms with Crippen molar-refractivity contribution in [2.45, 2.75) is 6.92 Å². The number of aromatic amines is 1. The second-order valence-electron chi connectivity index (χ2n) is 6.61. The van der Waals surface area contributed by atoms with Gasteiger partial charge in [0, 0.05) is 10.4 Å². The van der Waals surface area contributed by atoms with Gasteiger partial charge in [-0.3, -0.25) is 15.2 Å². The van der Waals surface area contributed by atoms with Crippen LogP contribution in [0.4, 0.5) is 5.69 Å². The van der Waals surface area contributed by atoms with Crippen LogP contribution in [0.3, 0.4) is 0 Å². The highest BCUT2D eigenvalue weighted by Gasteiger charge is 2.18. The first-order chi connectivity index (χ1) is 14.5. The second kappa shape index (κ2) is 7.88. The fraction of sp³-hybridized carbons (Fsp3) is 0.0455. The summed E-state index contributed by atoms with van der Waals surface area (Å²) in [6.07, 6.45) is 0. The molecule has 4 aromatic rings. The zero-order valence-corrected chi connectivity index (χ0v) is 16.6. The van der Waals surface area contributed by atoms with Gasteiger partial charge in [-0.2, -0.15) is 5.10 Å². The third-order valence-electron chi connectivity index (χ3n) is 4.67. The van der Waals surface area contributed by atoms with Crippen molar-refractivity contribution in [2.75, 3.05) is 5.43 Å². The molecule has 4 rings (SSSR count). The number of aromatic nitrogens is 2. The first-order valence-electron chi connectivity index (χ1n) is 9.08. The summed E-state index contributed by atoms with van der Waals surface area (Å²) >= 11 is 5.89. The van der Waals surface area contributed by atoms with Gasteiger partial charge in [-0.15, -0.1) is 0 Å². The van der Waals surface area contributed by atoms with Gasteiger partial charge in [0.15, 0.2) is 0 Å². The highest BCUT2D eigenvalue weighted by atomic mass is 35.5. The molecule has 0 amide bonds. The Morgan fingerprint density at radius 3 is 2.50 bits per heavy atom. The molecule has 0 atom stereocenters. The average molecular weight is 421 g/mol. The van der Waals surface area contributed by atoms with Gasteiger partial charge in [0.25, 0.3) is 5.56 Å². The lowest BCUT2D eigenvalue weighted by molar-refractivity contribution is 0.429. The maximum absolute atomic E-state index is 12.4. The predicted molar refractivity (Wildman–Crippen MR) is 119 cm³/mol. The molecule has 3 N–H and O–H groups in total. The number of H-pyrrole nitrogens is 1. The van der Waals surface area contributed by atoms with Crippen LogP contribution in [0, 0.1) is 0 Å². The molecule has 30 heavy (non-hydrogen) atoms. The summed E-state index contributed by atoms with van der Waals surface area (Å²) in [6.45, 7) is 1.57. The van der Waals surface area contributed by atoms with Crippen LogP contribution in [0.5, 0.6) is 5.88 Å². The number of aromatic hydroxyl groups is 1. The Morgan fingerprint density at radius 1 is 1.03 bits per heavy atom. The van der Waals surface area contributed by atoms with E-state index in [1.54, 1.807) is 31.2 Å². The summed E-state index contributed by atoms with van der Waals surface area (Å²) in [5.74, 6) is -0.507. The first-order valence-corrected chi connectivity index (χ1v) is 9.46. The maximum Gasteiger partial charge on any atom is 0.335 e. The molecule has 0 spiro atoms. The van der Waals surface area contributed by atoms with Crippen LogP contribution in [0.1, 0.15) is 12.5 Å². The lowest BCUT2D eigenvalue weighted by atomic mass is 10.1. The van der Waals surface area contributed by atoms with Gasteiger partial charge in [-0.05, 0) is 42.6 Å². The summed E-state index contributed by atoms with van der Waals surface area (Å²) < 4.78 is 0.990. The van der Waals surface area contributed by atoms with Crippen LogP contribution in [0.25, 0.3) is 16.5 Å². The number of hydrogen-bond donors (Lipinski definition) is 3. The smallest absolute Gasteiger partial charge is 0.335 e. The van der Waals surface area contributed by atoms with E-state index >= 15 is 0 Å². The maximum atomic E-state index is 12.4. The number of nitrogens with zero attached hydrogens (tertiary/aromatic N) is 2. The molecule has 1 heterocycles. The molecule has 0 unspecified atom stereocenters. The van der Waals surface area contributed by atoms with E-state index in [1.807, 2.05) is 42.5 Å². The highest BCUT2D eigenvalue weighted by molar-refractivity contribution is 6.30. The van der Waals surface area contributed by atoms with Crippen molar-refractivity contribution in [3.05, 3.63) is 98.2 Å². The topological polar surface area (TPSA) is 99.5 Å². The molecule has 7 nitrogen and oxygen atoms in total. The van der Waals surface area contributed by atoms with Crippen molar-refractivity contribution in [3.63, 3.8) is 0 Å². The van der Waals surface area contributed by atoms with E-state index in [-0.39, 0.29) is 11.3 Å². The van der Waals surface area contributed by atoms with Crippen LogP contribution in [0.15, 0.2) is 81.4 Å². The summed E-state index contributed by atoms with van der Waals surface area (Å²) in [5, 5.41) is 17.5. The van der Waals surface area contributed by atoms with Crippen molar-refractivity contribution < 1.29 is 5.11 Å². The van der Waals surface area contributed by atoms with Crippen molar-refractivity contribution in [2.24, 2.45) is 5.10 Å². The van der Waals surface area contributed by atoms with E-state index in [4.69, 9.17) is 11.6 Å². The number of hydrazone groups is 1. The van der Waals surface area contributed by atoms with E-state index in [0.717, 1.165) is 21.0 Å². The fourth-order valence-electron chi connectivity index (χ4n) is 3.20. The van der Waals surface area contributed by atoms with Crippen LogP contribution >= 0.6 is 11.6 Å². The molecule has 0 saturated carbocycles. The molecule has 8 heteroatoms. The van der Waals surface area contributed by atoms with Crippen molar-refractivity contribution in [3.8, 4) is 11.6 Å². The Kier molecular flexibility index (Phi) is 5.12. The molecule has 0 aliphatic rings. The van der Waals surface area contributed by atoms with Gasteiger partial charge in [0.05, 0.1) is 17.1 Å². The SMILES string of the molecule is CC(=NNc1cccc2ccccc12)c1c(O)n(-c2ccc(Cl)cc2)c(=O)[nH]c1=O. The molecule has 0 bridgehead atoms. The van der Waals surface area contributed by atoms with E-state index in [1.165, 1.54) is 0 Å². The number of halogens is 1.